The van der Waals surface area contributed by atoms with Gasteiger partial charge < -0.3 is 5.11 Å². The minimum absolute atomic E-state index is 0.173. The summed E-state index contributed by atoms with van der Waals surface area (Å²) in [5, 5.41) is 11.0. The van der Waals surface area contributed by atoms with E-state index in [1.54, 1.807) is 0 Å². The SMILES string of the molecule is C[C@H]1CC[C@]2(O)[C@@H]3CC[C@H](C[C@H]31)C2(C)C. The standard InChI is InChI=1S/C14H24O/c1-9-6-7-14(15)12-5-4-10(8-11(9)12)13(14,2)3/h9-12,15H,4-8H2,1-3H3/t9-,10+,11-,12+,14-/m0/s1. The summed E-state index contributed by atoms with van der Waals surface area (Å²) in [6.45, 7) is 7.03. The molecule has 0 amide bonds. The number of rotatable bonds is 0. The van der Waals surface area contributed by atoms with E-state index in [2.05, 4.69) is 20.8 Å². The molecule has 4 aliphatic carbocycles. The second-order valence-electron chi connectivity index (χ2n) is 6.94. The molecule has 1 N–H and O–H groups in total. The van der Waals surface area contributed by atoms with Crippen LogP contribution < -0.4 is 0 Å². The molecule has 0 radical (unpaired) electrons. The summed E-state index contributed by atoms with van der Waals surface area (Å²) in [4.78, 5) is 0. The predicted octanol–water partition coefficient (Wildman–Crippen LogP) is 3.22. The molecule has 4 aliphatic rings. The highest BCUT2D eigenvalue weighted by Gasteiger charge is 2.63. The minimum Gasteiger partial charge on any atom is -0.389 e. The van der Waals surface area contributed by atoms with Crippen LogP contribution in [0.4, 0.5) is 0 Å². The third-order valence-corrected chi connectivity index (χ3v) is 6.36. The highest BCUT2D eigenvalue weighted by molar-refractivity contribution is 5.13. The van der Waals surface area contributed by atoms with Gasteiger partial charge in [0.05, 0.1) is 5.60 Å². The predicted molar refractivity (Wildman–Crippen MR) is 61.4 cm³/mol. The fraction of sp³-hybridized carbons (Fsp3) is 1.00. The quantitative estimate of drug-likeness (QED) is 0.648. The highest BCUT2D eigenvalue weighted by Crippen LogP contribution is 2.65. The van der Waals surface area contributed by atoms with Crippen molar-refractivity contribution in [2.24, 2.45) is 29.1 Å². The molecule has 4 bridgehead atoms. The van der Waals surface area contributed by atoms with E-state index in [1.165, 1.54) is 25.7 Å². The normalized spacial score (nSPS) is 56.8. The van der Waals surface area contributed by atoms with Gasteiger partial charge in [0, 0.05) is 0 Å². The number of hydrogen-bond donors (Lipinski definition) is 1. The molecule has 0 aromatic carbocycles. The molecule has 0 aromatic rings. The van der Waals surface area contributed by atoms with E-state index in [0.29, 0.717) is 5.92 Å². The summed E-state index contributed by atoms with van der Waals surface area (Å²) in [5.41, 5.74) is -0.155. The smallest absolute Gasteiger partial charge is 0.0731 e. The van der Waals surface area contributed by atoms with E-state index in [0.717, 1.165) is 24.2 Å². The van der Waals surface area contributed by atoms with Crippen LogP contribution in [-0.4, -0.2) is 10.7 Å². The minimum atomic E-state index is -0.328. The Morgan fingerprint density at radius 2 is 1.87 bits per heavy atom. The Kier molecular flexibility index (Phi) is 1.89. The fourth-order valence-electron chi connectivity index (χ4n) is 5.08. The van der Waals surface area contributed by atoms with Gasteiger partial charge in [-0.3, -0.25) is 0 Å². The molecule has 1 heteroatoms. The fourth-order valence-corrected chi connectivity index (χ4v) is 5.08. The van der Waals surface area contributed by atoms with Crippen molar-refractivity contribution >= 4 is 0 Å². The molecule has 0 unspecified atom stereocenters. The third-order valence-electron chi connectivity index (χ3n) is 6.36. The van der Waals surface area contributed by atoms with Crippen molar-refractivity contribution < 1.29 is 5.11 Å². The Labute approximate surface area is 93.3 Å². The van der Waals surface area contributed by atoms with Gasteiger partial charge in [-0.25, -0.2) is 0 Å². The molecule has 0 saturated heterocycles. The molecule has 0 heterocycles. The molecule has 4 saturated carbocycles. The summed E-state index contributed by atoms with van der Waals surface area (Å²) in [6.07, 6.45) is 6.34. The van der Waals surface area contributed by atoms with E-state index in [1.807, 2.05) is 0 Å². The Bertz CT molecular complexity index is 283. The summed E-state index contributed by atoms with van der Waals surface area (Å²) in [5.74, 6) is 3.08. The first-order valence-electron chi connectivity index (χ1n) is 6.69. The monoisotopic (exact) mass is 208 g/mol. The van der Waals surface area contributed by atoms with Crippen molar-refractivity contribution in [1.29, 1.82) is 0 Å². The largest absolute Gasteiger partial charge is 0.389 e. The van der Waals surface area contributed by atoms with Gasteiger partial charge in [0.2, 0.25) is 0 Å². The number of aliphatic hydroxyl groups is 1. The van der Waals surface area contributed by atoms with Crippen LogP contribution in [-0.2, 0) is 0 Å². The maximum absolute atomic E-state index is 11.0. The van der Waals surface area contributed by atoms with Crippen LogP contribution in [0.2, 0.25) is 0 Å². The van der Waals surface area contributed by atoms with Gasteiger partial charge in [0.15, 0.2) is 0 Å². The molecule has 0 aromatic heterocycles. The van der Waals surface area contributed by atoms with Crippen LogP contribution >= 0.6 is 0 Å². The van der Waals surface area contributed by atoms with E-state index < -0.39 is 0 Å². The molecule has 86 valence electrons. The second kappa shape index (κ2) is 2.80. The highest BCUT2D eigenvalue weighted by atomic mass is 16.3. The van der Waals surface area contributed by atoms with Gasteiger partial charge in [-0.05, 0) is 61.2 Å². The van der Waals surface area contributed by atoms with Gasteiger partial charge >= 0.3 is 0 Å². The van der Waals surface area contributed by atoms with Crippen molar-refractivity contribution in [2.45, 2.75) is 58.5 Å². The average Bonchev–Trinajstić information content (AvgIpc) is 2.21. The van der Waals surface area contributed by atoms with Crippen LogP contribution in [0.1, 0.15) is 52.9 Å². The summed E-state index contributed by atoms with van der Waals surface area (Å²) >= 11 is 0. The van der Waals surface area contributed by atoms with Crippen LogP contribution in [0.15, 0.2) is 0 Å². The van der Waals surface area contributed by atoms with E-state index >= 15 is 0 Å². The molecular formula is C14H24O. The zero-order valence-corrected chi connectivity index (χ0v) is 10.3. The molecule has 1 nitrogen and oxygen atoms in total. The van der Waals surface area contributed by atoms with Crippen molar-refractivity contribution in [1.82, 2.24) is 0 Å². The molecule has 15 heavy (non-hydrogen) atoms. The van der Waals surface area contributed by atoms with E-state index in [4.69, 9.17) is 0 Å². The molecule has 4 fully saturated rings. The lowest BCUT2D eigenvalue weighted by molar-refractivity contribution is -0.244. The lowest BCUT2D eigenvalue weighted by atomic mass is 9.41. The van der Waals surface area contributed by atoms with Crippen molar-refractivity contribution in [3.63, 3.8) is 0 Å². The van der Waals surface area contributed by atoms with Gasteiger partial charge in [-0.1, -0.05) is 20.8 Å². The van der Waals surface area contributed by atoms with Crippen molar-refractivity contribution in [3.8, 4) is 0 Å². The van der Waals surface area contributed by atoms with E-state index in [9.17, 15) is 5.11 Å². The van der Waals surface area contributed by atoms with Crippen LogP contribution in [0.5, 0.6) is 0 Å². The van der Waals surface area contributed by atoms with Crippen molar-refractivity contribution in [3.05, 3.63) is 0 Å². The van der Waals surface area contributed by atoms with Gasteiger partial charge in [-0.15, -0.1) is 0 Å². The molecule has 0 spiro atoms. The lowest BCUT2D eigenvalue weighted by Crippen LogP contribution is -2.66. The number of fused-ring (bicyclic) bond motifs is 1. The number of hydrogen-bond acceptors (Lipinski definition) is 1. The van der Waals surface area contributed by atoms with Gasteiger partial charge in [0.1, 0.15) is 0 Å². The molecular weight excluding hydrogens is 184 g/mol. The molecule has 4 rings (SSSR count). The van der Waals surface area contributed by atoms with Crippen LogP contribution in [0, 0.1) is 29.1 Å². The lowest BCUT2D eigenvalue weighted by Gasteiger charge is -2.66. The molecule has 5 atom stereocenters. The summed E-state index contributed by atoms with van der Waals surface area (Å²) in [7, 11) is 0. The Morgan fingerprint density at radius 3 is 2.60 bits per heavy atom. The maximum Gasteiger partial charge on any atom is 0.0731 e. The van der Waals surface area contributed by atoms with Gasteiger partial charge in [0.25, 0.3) is 0 Å². The summed E-state index contributed by atoms with van der Waals surface area (Å²) < 4.78 is 0. The second-order valence-corrected chi connectivity index (χ2v) is 6.94. The summed E-state index contributed by atoms with van der Waals surface area (Å²) in [6, 6.07) is 0. The zero-order valence-electron chi connectivity index (χ0n) is 10.3. The van der Waals surface area contributed by atoms with Crippen LogP contribution in [0.3, 0.4) is 0 Å². The Balaban J connectivity index is 2.04. The third kappa shape index (κ3) is 1.03. The van der Waals surface area contributed by atoms with E-state index in [-0.39, 0.29) is 11.0 Å². The first kappa shape index (κ1) is 10.1. The Morgan fingerprint density at radius 1 is 1.13 bits per heavy atom. The first-order chi connectivity index (χ1) is 6.97. The van der Waals surface area contributed by atoms with Crippen molar-refractivity contribution in [2.75, 3.05) is 0 Å². The maximum atomic E-state index is 11.0. The first-order valence-corrected chi connectivity index (χ1v) is 6.69. The zero-order chi connectivity index (χ0) is 10.8. The molecule has 0 aliphatic heterocycles. The Hall–Kier alpha value is -0.0400. The van der Waals surface area contributed by atoms with Gasteiger partial charge in [-0.2, -0.15) is 0 Å². The average molecular weight is 208 g/mol. The van der Waals surface area contributed by atoms with Crippen LogP contribution in [0.25, 0.3) is 0 Å². The topological polar surface area (TPSA) is 20.2 Å².